The zero-order valence-corrected chi connectivity index (χ0v) is 8.73. The molecule has 1 unspecified atom stereocenters. The number of rotatable bonds is 3. The molecule has 0 saturated heterocycles. The van der Waals surface area contributed by atoms with Gasteiger partial charge < -0.3 is 5.11 Å². The SMILES string of the molecule is CC(CCO)C(=O)C#Cc1ccccc1. The van der Waals surface area contributed by atoms with Crippen molar-refractivity contribution in [1.29, 1.82) is 0 Å². The van der Waals surface area contributed by atoms with Crippen LogP contribution in [0.15, 0.2) is 30.3 Å². The van der Waals surface area contributed by atoms with E-state index in [0.717, 1.165) is 5.56 Å². The van der Waals surface area contributed by atoms with Crippen LogP contribution in [-0.4, -0.2) is 17.5 Å². The Morgan fingerprint density at radius 2 is 2.07 bits per heavy atom. The molecule has 0 radical (unpaired) electrons. The molecular formula is C13H14O2. The van der Waals surface area contributed by atoms with Crippen LogP contribution in [0.4, 0.5) is 0 Å². The second-order valence-electron chi connectivity index (χ2n) is 3.39. The maximum absolute atomic E-state index is 11.4. The lowest BCUT2D eigenvalue weighted by Crippen LogP contribution is -2.09. The maximum atomic E-state index is 11.4. The summed E-state index contributed by atoms with van der Waals surface area (Å²) in [6, 6.07) is 9.38. The first-order valence-corrected chi connectivity index (χ1v) is 4.96. The number of aliphatic hydroxyl groups is 1. The van der Waals surface area contributed by atoms with E-state index in [9.17, 15) is 4.79 Å². The van der Waals surface area contributed by atoms with Gasteiger partial charge in [0.05, 0.1) is 0 Å². The molecule has 0 aliphatic carbocycles. The van der Waals surface area contributed by atoms with Gasteiger partial charge in [0.15, 0.2) is 0 Å². The fourth-order valence-electron chi connectivity index (χ4n) is 1.10. The summed E-state index contributed by atoms with van der Waals surface area (Å²) in [5.74, 6) is 5.08. The van der Waals surface area contributed by atoms with Crippen molar-refractivity contribution in [2.45, 2.75) is 13.3 Å². The van der Waals surface area contributed by atoms with Gasteiger partial charge in [0, 0.05) is 18.1 Å². The zero-order chi connectivity index (χ0) is 11.1. The predicted octanol–water partition coefficient (Wildman–Crippen LogP) is 1.63. The Kier molecular flexibility index (Phi) is 4.59. The first-order valence-electron chi connectivity index (χ1n) is 4.96. The lowest BCUT2D eigenvalue weighted by atomic mass is 10.0. The van der Waals surface area contributed by atoms with Gasteiger partial charge in [0.25, 0.3) is 0 Å². The molecule has 0 amide bonds. The summed E-state index contributed by atoms with van der Waals surface area (Å²) in [6.07, 6.45) is 0.475. The zero-order valence-electron chi connectivity index (χ0n) is 8.73. The van der Waals surface area contributed by atoms with E-state index < -0.39 is 0 Å². The van der Waals surface area contributed by atoms with Crippen LogP contribution < -0.4 is 0 Å². The molecule has 0 saturated carbocycles. The fourth-order valence-corrected chi connectivity index (χ4v) is 1.10. The molecule has 0 bridgehead atoms. The molecule has 1 N–H and O–H groups in total. The molecule has 1 aromatic rings. The minimum Gasteiger partial charge on any atom is -0.396 e. The minimum absolute atomic E-state index is 0.0277. The first kappa shape index (κ1) is 11.5. The summed E-state index contributed by atoms with van der Waals surface area (Å²) in [7, 11) is 0. The van der Waals surface area contributed by atoms with Gasteiger partial charge in [-0.15, -0.1) is 0 Å². The van der Waals surface area contributed by atoms with Gasteiger partial charge in [0.2, 0.25) is 5.78 Å². The van der Waals surface area contributed by atoms with Crippen LogP contribution in [0.1, 0.15) is 18.9 Å². The molecule has 78 valence electrons. The first-order chi connectivity index (χ1) is 7.24. The predicted molar refractivity (Wildman–Crippen MR) is 59.2 cm³/mol. The number of Topliss-reactive ketones (excluding diaryl/α,β-unsaturated/α-hetero) is 1. The lowest BCUT2D eigenvalue weighted by molar-refractivity contribution is -0.117. The second kappa shape index (κ2) is 6.00. The number of ketones is 1. The van der Waals surface area contributed by atoms with Gasteiger partial charge in [-0.2, -0.15) is 0 Å². The number of benzene rings is 1. The molecule has 0 aromatic heterocycles. The highest BCUT2D eigenvalue weighted by Crippen LogP contribution is 2.02. The molecule has 0 aliphatic rings. The van der Waals surface area contributed by atoms with E-state index in [2.05, 4.69) is 11.8 Å². The number of carbonyl (C=O) groups excluding carboxylic acids is 1. The van der Waals surface area contributed by atoms with Crippen molar-refractivity contribution in [2.75, 3.05) is 6.61 Å². The monoisotopic (exact) mass is 202 g/mol. The summed E-state index contributed by atoms with van der Waals surface area (Å²) in [6.45, 7) is 1.80. The average molecular weight is 202 g/mol. The summed E-state index contributed by atoms with van der Waals surface area (Å²) in [4.78, 5) is 11.4. The van der Waals surface area contributed by atoms with E-state index in [-0.39, 0.29) is 18.3 Å². The van der Waals surface area contributed by atoms with E-state index in [1.807, 2.05) is 30.3 Å². The highest BCUT2D eigenvalue weighted by atomic mass is 16.3. The Labute approximate surface area is 89.9 Å². The van der Waals surface area contributed by atoms with Crippen molar-refractivity contribution in [3.63, 3.8) is 0 Å². The topological polar surface area (TPSA) is 37.3 Å². The van der Waals surface area contributed by atoms with Crippen molar-refractivity contribution in [1.82, 2.24) is 0 Å². The molecule has 2 heteroatoms. The molecule has 0 aliphatic heterocycles. The molecule has 2 nitrogen and oxygen atoms in total. The van der Waals surface area contributed by atoms with Gasteiger partial charge in [-0.05, 0) is 24.5 Å². The van der Waals surface area contributed by atoms with E-state index in [1.165, 1.54) is 0 Å². The Morgan fingerprint density at radius 3 is 2.67 bits per heavy atom. The third kappa shape index (κ3) is 3.97. The molecule has 1 atom stereocenters. The van der Waals surface area contributed by atoms with E-state index >= 15 is 0 Å². The van der Waals surface area contributed by atoms with Crippen LogP contribution in [-0.2, 0) is 4.79 Å². The molecule has 0 heterocycles. The van der Waals surface area contributed by atoms with Gasteiger partial charge in [0.1, 0.15) is 0 Å². The highest BCUT2D eigenvalue weighted by molar-refractivity contribution is 5.97. The largest absolute Gasteiger partial charge is 0.396 e. The molecule has 15 heavy (non-hydrogen) atoms. The third-order valence-corrected chi connectivity index (χ3v) is 2.11. The second-order valence-corrected chi connectivity index (χ2v) is 3.39. The van der Waals surface area contributed by atoms with Crippen molar-refractivity contribution in [3.05, 3.63) is 35.9 Å². The van der Waals surface area contributed by atoms with Crippen molar-refractivity contribution < 1.29 is 9.90 Å². The Balaban J connectivity index is 2.62. The van der Waals surface area contributed by atoms with Crippen molar-refractivity contribution >= 4 is 5.78 Å². The highest BCUT2D eigenvalue weighted by Gasteiger charge is 2.08. The quantitative estimate of drug-likeness (QED) is 0.756. The molecule has 0 spiro atoms. The smallest absolute Gasteiger partial charge is 0.208 e. The maximum Gasteiger partial charge on any atom is 0.208 e. The molecule has 0 fully saturated rings. The Morgan fingerprint density at radius 1 is 1.40 bits per heavy atom. The molecule has 1 rings (SSSR count). The number of hydrogen-bond acceptors (Lipinski definition) is 2. The van der Waals surface area contributed by atoms with E-state index in [1.54, 1.807) is 6.92 Å². The summed E-state index contributed by atoms with van der Waals surface area (Å²) >= 11 is 0. The number of hydrogen-bond donors (Lipinski definition) is 1. The summed E-state index contributed by atoms with van der Waals surface area (Å²) in [5, 5.41) is 8.67. The normalized spacial score (nSPS) is 11.3. The van der Waals surface area contributed by atoms with Crippen LogP contribution in [0.5, 0.6) is 0 Å². The van der Waals surface area contributed by atoms with Crippen LogP contribution >= 0.6 is 0 Å². The van der Waals surface area contributed by atoms with Gasteiger partial charge in [-0.1, -0.05) is 31.0 Å². The van der Waals surface area contributed by atoms with Crippen LogP contribution in [0.3, 0.4) is 0 Å². The van der Waals surface area contributed by atoms with Gasteiger partial charge in [-0.3, -0.25) is 4.79 Å². The van der Waals surface area contributed by atoms with E-state index in [4.69, 9.17) is 5.11 Å². The fraction of sp³-hybridized carbons (Fsp3) is 0.308. The molecule has 1 aromatic carbocycles. The van der Waals surface area contributed by atoms with Crippen molar-refractivity contribution in [2.24, 2.45) is 5.92 Å². The third-order valence-electron chi connectivity index (χ3n) is 2.11. The average Bonchev–Trinajstić information content (AvgIpc) is 2.27. The summed E-state index contributed by atoms with van der Waals surface area (Å²) in [5.41, 5.74) is 0.835. The van der Waals surface area contributed by atoms with Gasteiger partial charge >= 0.3 is 0 Å². The van der Waals surface area contributed by atoms with Gasteiger partial charge in [-0.25, -0.2) is 0 Å². The lowest BCUT2D eigenvalue weighted by Gasteiger charge is -2.01. The Bertz CT molecular complexity index is 371. The summed E-state index contributed by atoms with van der Waals surface area (Å²) < 4.78 is 0. The molecular weight excluding hydrogens is 188 g/mol. The van der Waals surface area contributed by atoms with Crippen LogP contribution in [0.2, 0.25) is 0 Å². The van der Waals surface area contributed by atoms with Crippen LogP contribution in [0, 0.1) is 17.8 Å². The Hall–Kier alpha value is -1.59. The number of carbonyl (C=O) groups is 1. The van der Waals surface area contributed by atoms with Crippen molar-refractivity contribution in [3.8, 4) is 11.8 Å². The van der Waals surface area contributed by atoms with E-state index in [0.29, 0.717) is 6.42 Å². The number of aliphatic hydroxyl groups excluding tert-OH is 1. The standard InChI is InChI=1S/C13H14O2/c1-11(9-10-14)13(15)8-7-12-5-3-2-4-6-12/h2-6,11,14H,9-10H2,1H3. The minimum atomic E-state index is -0.189. The van der Waals surface area contributed by atoms with Crippen LogP contribution in [0.25, 0.3) is 0 Å².